The number of nitrogens with one attached hydrogen (secondary N) is 1. The zero-order chi connectivity index (χ0) is 15.2. The summed E-state index contributed by atoms with van der Waals surface area (Å²) >= 11 is 0. The topological polar surface area (TPSA) is 44.8 Å². The van der Waals surface area contributed by atoms with Crippen molar-refractivity contribution in [1.82, 2.24) is 9.80 Å². The van der Waals surface area contributed by atoms with Gasteiger partial charge in [-0.25, -0.2) is 4.79 Å². The quantitative estimate of drug-likeness (QED) is 0.924. The summed E-state index contributed by atoms with van der Waals surface area (Å²) in [7, 11) is 1.72. The number of anilines is 1. The third kappa shape index (κ3) is 4.44. The smallest absolute Gasteiger partial charge is 0.321 e. The van der Waals surface area contributed by atoms with Crippen LogP contribution in [0.2, 0.25) is 0 Å². The van der Waals surface area contributed by atoms with Crippen LogP contribution < -0.4 is 5.32 Å². The van der Waals surface area contributed by atoms with Crippen molar-refractivity contribution >= 4 is 11.7 Å². The summed E-state index contributed by atoms with van der Waals surface area (Å²) in [5.74, 6) is 0. The molecule has 5 nitrogen and oxygen atoms in total. The number of benzene rings is 1. The van der Waals surface area contributed by atoms with E-state index in [1.807, 2.05) is 24.0 Å². The Morgan fingerprint density at radius 1 is 1.24 bits per heavy atom. The Hall–Kier alpha value is -1.59. The first kappa shape index (κ1) is 15.8. The molecule has 1 aromatic rings. The lowest BCUT2D eigenvalue weighted by Gasteiger charge is -2.34. The van der Waals surface area contributed by atoms with E-state index < -0.39 is 0 Å². The molecule has 0 unspecified atom stereocenters. The van der Waals surface area contributed by atoms with Crippen LogP contribution in [-0.4, -0.2) is 62.3 Å². The van der Waals surface area contributed by atoms with Gasteiger partial charge in [0.2, 0.25) is 0 Å². The fraction of sp³-hybridized carbons (Fsp3) is 0.562. The molecule has 0 radical (unpaired) electrons. The van der Waals surface area contributed by atoms with E-state index in [1.165, 1.54) is 5.56 Å². The Labute approximate surface area is 126 Å². The standard InChI is InChI=1S/C16H25N3O2/c1-13-4-5-15(14(2)12-13)17-16(20)19-8-6-18(7-9-19)10-11-21-3/h4-5,12H,6-11H2,1-3H3,(H,17,20). The Kier molecular flexibility index (Phi) is 5.59. The lowest BCUT2D eigenvalue weighted by Crippen LogP contribution is -2.50. The van der Waals surface area contributed by atoms with Crippen LogP contribution in [-0.2, 0) is 4.74 Å². The van der Waals surface area contributed by atoms with Crippen molar-refractivity contribution in [2.45, 2.75) is 13.8 Å². The number of nitrogens with zero attached hydrogens (tertiary/aromatic N) is 2. The minimum atomic E-state index is -0.00616. The molecule has 1 aromatic carbocycles. The monoisotopic (exact) mass is 291 g/mol. The van der Waals surface area contributed by atoms with Crippen molar-refractivity contribution in [1.29, 1.82) is 0 Å². The number of ether oxygens (including phenoxy) is 1. The predicted molar refractivity (Wildman–Crippen MR) is 84.8 cm³/mol. The van der Waals surface area contributed by atoms with Crippen LogP contribution in [0.25, 0.3) is 0 Å². The zero-order valence-electron chi connectivity index (χ0n) is 13.2. The maximum atomic E-state index is 12.3. The maximum absolute atomic E-state index is 12.3. The molecular formula is C16H25N3O2. The van der Waals surface area contributed by atoms with E-state index in [9.17, 15) is 4.79 Å². The summed E-state index contributed by atoms with van der Waals surface area (Å²) in [4.78, 5) is 16.5. The van der Waals surface area contributed by atoms with E-state index in [0.29, 0.717) is 0 Å². The van der Waals surface area contributed by atoms with Gasteiger partial charge in [0, 0.05) is 45.5 Å². The first-order chi connectivity index (χ1) is 10.1. The Morgan fingerprint density at radius 2 is 1.95 bits per heavy atom. The van der Waals surface area contributed by atoms with Gasteiger partial charge < -0.3 is 15.0 Å². The van der Waals surface area contributed by atoms with E-state index in [1.54, 1.807) is 7.11 Å². The van der Waals surface area contributed by atoms with Crippen LogP contribution in [0, 0.1) is 13.8 Å². The summed E-state index contributed by atoms with van der Waals surface area (Å²) in [6.07, 6.45) is 0. The van der Waals surface area contributed by atoms with Crippen molar-refractivity contribution in [3.63, 3.8) is 0 Å². The highest BCUT2D eigenvalue weighted by Crippen LogP contribution is 2.17. The van der Waals surface area contributed by atoms with Gasteiger partial charge in [0.15, 0.2) is 0 Å². The lowest BCUT2D eigenvalue weighted by atomic mass is 10.1. The molecule has 1 saturated heterocycles. The molecule has 0 spiro atoms. The number of rotatable bonds is 4. The van der Waals surface area contributed by atoms with E-state index in [2.05, 4.69) is 23.2 Å². The number of carbonyl (C=O) groups is 1. The largest absolute Gasteiger partial charge is 0.383 e. The molecule has 5 heteroatoms. The van der Waals surface area contributed by atoms with E-state index in [4.69, 9.17) is 4.74 Å². The first-order valence-electron chi connectivity index (χ1n) is 7.44. The molecule has 1 N–H and O–H groups in total. The highest BCUT2D eigenvalue weighted by atomic mass is 16.5. The van der Waals surface area contributed by atoms with Gasteiger partial charge in [-0.05, 0) is 25.5 Å². The SMILES string of the molecule is COCCN1CCN(C(=O)Nc2ccc(C)cc2C)CC1. The predicted octanol–water partition coefficient (Wildman–Crippen LogP) is 2.10. The zero-order valence-corrected chi connectivity index (χ0v) is 13.2. The number of amides is 2. The molecular weight excluding hydrogens is 266 g/mol. The molecule has 2 amide bonds. The summed E-state index contributed by atoms with van der Waals surface area (Å²) < 4.78 is 5.09. The van der Waals surface area contributed by atoms with Crippen LogP contribution in [0.1, 0.15) is 11.1 Å². The van der Waals surface area contributed by atoms with Gasteiger partial charge in [-0.3, -0.25) is 4.90 Å². The number of aryl methyl sites for hydroxylation is 2. The molecule has 1 aliphatic rings. The summed E-state index contributed by atoms with van der Waals surface area (Å²) in [6, 6.07) is 6.06. The highest BCUT2D eigenvalue weighted by molar-refractivity contribution is 5.90. The van der Waals surface area contributed by atoms with E-state index in [0.717, 1.165) is 50.6 Å². The van der Waals surface area contributed by atoms with Gasteiger partial charge in [0.05, 0.1) is 6.61 Å². The number of hydrogen-bond acceptors (Lipinski definition) is 3. The van der Waals surface area contributed by atoms with Gasteiger partial charge in [-0.2, -0.15) is 0 Å². The van der Waals surface area contributed by atoms with Crippen LogP contribution in [0.3, 0.4) is 0 Å². The van der Waals surface area contributed by atoms with Crippen LogP contribution in [0.15, 0.2) is 18.2 Å². The van der Waals surface area contributed by atoms with Crippen molar-refractivity contribution in [2.24, 2.45) is 0 Å². The third-order valence-corrected chi connectivity index (χ3v) is 3.89. The van der Waals surface area contributed by atoms with Crippen LogP contribution in [0.4, 0.5) is 10.5 Å². The molecule has 1 heterocycles. The average molecular weight is 291 g/mol. The highest BCUT2D eigenvalue weighted by Gasteiger charge is 2.21. The maximum Gasteiger partial charge on any atom is 0.321 e. The molecule has 0 bridgehead atoms. The molecule has 116 valence electrons. The van der Waals surface area contributed by atoms with E-state index in [-0.39, 0.29) is 6.03 Å². The first-order valence-corrected chi connectivity index (χ1v) is 7.44. The summed E-state index contributed by atoms with van der Waals surface area (Å²) in [5, 5.41) is 3.01. The lowest BCUT2D eigenvalue weighted by molar-refractivity contribution is 0.109. The van der Waals surface area contributed by atoms with Gasteiger partial charge in [0.25, 0.3) is 0 Å². The normalized spacial score (nSPS) is 16.0. The van der Waals surface area contributed by atoms with Crippen molar-refractivity contribution < 1.29 is 9.53 Å². The minimum Gasteiger partial charge on any atom is -0.383 e. The third-order valence-electron chi connectivity index (χ3n) is 3.89. The number of hydrogen-bond donors (Lipinski definition) is 1. The van der Waals surface area contributed by atoms with Gasteiger partial charge >= 0.3 is 6.03 Å². The molecule has 0 aromatic heterocycles. The van der Waals surface area contributed by atoms with Crippen LogP contribution >= 0.6 is 0 Å². The van der Waals surface area contributed by atoms with Crippen molar-refractivity contribution in [2.75, 3.05) is 51.8 Å². The summed E-state index contributed by atoms with van der Waals surface area (Å²) in [6.45, 7) is 9.09. The molecule has 21 heavy (non-hydrogen) atoms. The molecule has 1 aliphatic heterocycles. The molecule has 0 saturated carbocycles. The second-order valence-electron chi connectivity index (χ2n) is 5.57. The van der Waals surface area contributed by atoms with Gasteiger partial charge in [-0.15, -0.1) is 0 Å². The number of methoxy groups -OCH3 is 1. The molecule has 0 atom stereocenters. The van der Waals surface area contributed by atoms with Crippen LogP contribution in [0.5, 0.6) is 0 Å². The average Bonchev–Trinajstić information content (AvgIpc) is 2.48. The molecule has 0 aliphatic carbocycles. The Morgan fingerprint density at radius 3 is 2.57 bits per heavy atom. The minimum absolute atomic E-state index is 0.00616. The van der Waals surface area contributed by atoms with E-state index >= 15 is 0 Å². The van der Waals surface area contributed by atoms with Gasteiger partial charge in [0.1, 0.15) is 0 Å². The molecule has 1 fully saturated rings. The summed E-state index contributed by atoms with van der Waals surface area (Å²) in [5.41, 5.74) is 3.20. The second-order valence-corrected chi connectivity index (χ2v) is 5.57. The fourth-order valence-electron chi connectivity index (χ4n) is 2.54. The Balaban J connectivity index is 1.84. The van der Waals surface area contributed by atoms with Crippen molar-refractivity contribution in [3.8, 4) is 0 Å². The second kappa shape index (κ2) is 7.43. The number of carbonyl (C=O) groups excluding carboxylic acids is 1. The number of piperazine rings is 1. The van der Waals surface area contributed by atoms with Crippen molar-refractivity contribution in [3.05, 3.63) is 29.3 Å². The fourth-order valence-corrected chi connectivity index (χ4v) is 2.54. The molecule has 2 rings (SSSR count). The Bertz CT molecular complexity index is 482. The van der Waals surface area contributed by atoms with Gasteiger partial charge in [-0.1, -0.05) is 17.7 Å². The number of urea groups is 1.